The van der Waals surface area contributed by atoms with Gasteiger partial charge in [0.2, 0.25) is 0 Å². The maximum atomic E-state index is 10.4. The first-order valence-electron chi connectivity index (χ1n) is 7.68. The van der Waals surface area contributed by atoms with Gasteiger partial charge < -0.3 is 14.9 Å². The maximum absolute atomic E-state index is 10.4. The number of hydrogen-bond acceptors (Lipinski definition) is 4. The van der Waals surface area contributed by atoms with Crippen molar-refractivity contribution in [3.8, 4) is 0 Å². The molecule has 0 saturated carbocycles. The second-order valence-electron chi connectivity index (χ2n) is 6.04. The van der Waals surface area contributed by atoms with E-state index in [4.69, 9.17) is 4.52 Å². The predicted octanol–water partition coefficient (Wildman–Crippen LogP) is 4.01. The lowest BCUT2D eigenvalue weighted by Crippen LogP contribution is -2.26. The van der Waals surface area contributed by atoms with Gasteiger partial charge in [-0.3, -0.25) is 0 Å². The van der Waals surface area contributed by atoms with Crippen LogP contribution in [0, 0.1) is 13.8 Å². The number of aromatic nitrogens is 1. The lowest BCUT2D eigenvalue weighted by molar-refractivity contribution is 0.239. The van der Waals surface area contributed by atoms with Crippen molar-refractivity contribution in [1.29, 1.82) is 0 Å². The highest BCUT2D eigenvalue weighted by Crippen LogP contribution is 2.42. The van der Waals surface area contributed by atoms with Gasteiger partial charge in [-0.1, -0.05) is 35.5 Å². The van der Waals surface area contributed by atoms with Gasteiger partial charge in [-0.05, 0) is 43.5 Å². The molecule has 1 unspecified atom stereocenters. The van der Waals surface area contributed by atoms with Crippen molar-refractivity contribution in [3.63, 3.8) is 0 Å². The Morgan fingerprint density at radius 3 is 2.61 bits per heavy atom. The summed E-state index contributed by atoms with van der Waals surface area (Å²) in [6, 6.07) is 12.3. The quantitative estimate of drug-likeness (QED) is 0.713. The van der Waals surface area contributed by atoms with Crippen LogP contribution < -0.4 is 5.32 Å². The van der Waals surface area contributed by atoms with Crippen LogP contribution in [0.25, 0.3) is 16.5 Å². The molecule has 0 spiro atoms. The molecule has 1 aliphatic heterocycles. The number of benzene rings is 2. The second kappa shape index (κ2) is 4.96. The highest BCUT2D eigenvalue weighted by atomic mass is 16.5. The molecule has 2 aromatic carbocycles. The Kier molecular flexibility index (Phi) is 3.03. The minimum absolute atomic E-state index is 0.710. The lowest BCUT2D eigenvalue weighted by Gasteiger charge is -2.29. The first-order valence-corrected chi connectivity index (χ1v) is 7.68. The molecule has 1 atom stereocenters. The van der Waals surface area contributed by atoms with E-state index in [-0.39, 0.29) is 0 Å². The van der Waals surface area contributed by atoms with Crippen molar-refractivity contribution in [2.24, 2.45) is 0 Å². The van der Waals surface area contributed by atoms with Gasteiger partial charge in [0.05, 0.1) is 11.4 Å². The van der Waals surface area contributed by atoms with Gasteiger partial charge in [0, 0.05) is 16.5 Å². The molecule has 0 saturated heterocycles. The molecule has 2 heterocycles. The van der Waals surface area contributed by atoms with E-state index in [1.54, 1.807) is 0 Å². The molecular weight excluding hydrogens is 288 g/mol. The van der Waals surface area contributed by atoms with Crippen LogP contribution in [-0.2, 0) is 0 Å². The molecule has 3 aromatic rings. The highest BCUT2D eigenvalue weighted by Gasteiger charge is 2.27. The van der Waals surface area contributed by atoms with Gasteiger partial charge in [0.15, 0.2) is 5.58 Å². The molecule has 2 N–H and O–H groups in total. The van der Waals surface area contributed by atoms with Crippen molar-refractivity contribution in [3.05, 3.63) is 64.4 Å². The van der Waals surface area contributed by atoms with Gasteiger partial charge in [-0.2, -0.15) is 0 Å². The number of nitrogens with zero attached hydrogens (tertiary/aromatic N) is 1. The third-order valence-electron chi connectivity index (χ3n) is 4.60. The van der Waals surface area contributed by atoms with Gasteiger partial charge >= 0.3 is 0 Å². The Balaban J connectivity index is 2.08. The number of aliphatic hydroxyl groups is 1. The Morgan fingerprint density at radius 1 is 1.13 bits per heavy atom. The molecule has 0 bridgehead atoms. The van der Waals surface area contributed by atoms with Crippen LogP contribution in [0.4, 0.5) is 5.69 Å². The van der Waals surface area contributed by atoms with Crippen LogP contribution >= 0.6 is 0 Å². The van der Waals surface area contributed by atoms with E-state index >= 15 is 0 Å². The fourth-order valence-electron chi connectivity index (χ4n) is 3.31. The van der Waals surface area contributed by atoms with E-state index in [1.807, 2.05) is 39.0 Å². The molecule has 4 nitrogen and oxygen atoms in total. The lowest BCUT2D eigenvalue weighted by atomic mass is 9.86. The summed E-state index contributed by atoms with van der Waals surface area (Å²) in [7, 11) is 0. The molecular formula is C19H18N2O2. The Bertz CT molecular complexity index is 939. The second-order valence-corrected chi connectivity index (χ2v) is 6.04. The third kappa shape index (κ3) is 1.99. The van der Waals surface area contributed by atoms with Gasteiger partial charge in [-0.15, -0.1) is 0 Å². The molecule has 0 fully saturated rings. The summed E-state index contributed by atoms with van der Waals surface area (Å²) in [6.45, 7) is 5.90. The van der Waals surface area contributed by atoms with E-state index in [0.717, 1.165) is 50.2 Å². The maximum Gasteiger partial charge on any atom is 0.172 e. The van der Waals surface area contributed by atoms with Gasteiger partial charge in [-0.25, -0.2) is 0 Å². The Labute approximate surface area is 134 Å². The van der Waals surface area contributed by atoms with Crippen LogP contribution in [0.1, 0.15) is 29.3 Å². The molecule has 0 radical (unpaired) electrons. The Hall–Kier alpha value is -2.59. The van der Waals surface area contributed by atoms with Crippen LogP contribution in [0.15, 0.2) is 46.5 Å². The van der Waals surface area contributed by atoms with Crippen LogP contribution in [0.3, 0.4) is 0 Å². The van der Waals surface area contributed by atoms with E-state index in [2.05, 4.69) is 28.7 Å². The summed E-state index contributed by atoms with van der Waals surface area (Å²) in [5, 5.41) is 18.7. The third-order valence-corrected chi connectivity index (χ3v) is 4.60. The molecule has 4 rings (SSSR count). The Morgan fingerprint density at radius 2 is 1.87 bits per heavy atom. The molecule has 23 heavy (non-hydrogen) atoms. The first-order chi connectivity index (χ1) is 11.1. The van der Waals surface area contributed by atoms with Crippen molar-refractivity contribution >= 4 is 22.2 Å². The largest absolute Gasteiger partial charge is 0.370 e. The van der Waals surface area contributed by atoms with Crippen molar-refractivity contribution in [2.45, 2.75) is 27.0 Å². The van der Waals surface area contributed by atoms with Gasteiger partial charge in [0.1, 0.15) is 6.23 Å². The molecule has 1 aromatic heterocycles. The van der Waals surface area contributed by atoms with Gasteiger partial charge in [0.25, 0.3) is 0 Å². The zero-order valence-corrected chi connectivity index (χ0v) is 13.3. The van der Waals surface area contributed by atoms with Crippen molar-refractivity contribution < 1.29 is 9.63 Å². The standard InChI is InChI=1S/C19H18N2O2/c1-10-16(13-7-5-4-6-8-13)15-9-14-12(3)21-23-18(14)11(2)17(15)20-19(10)22/h4-9,19-20,22H,1-3H3. The highest BCUT2D eigenvalue weighted by molar-refractivity contribution is 5.99. The number of hydrogen-bond donors (Lipinski definition) is 2. The summed E-state index contributed by atoms with van der Waals surface area (Å²) in [5.74, 6) is 0. The summed E-state index contributed by atoms with van der Waals surface area (Å²) in [4.78, 5) is 0. The van der Waals surface area contributed by atoms with Crippen molar-refractivity contribution in [2.75, 3.05) is 5.32 Å². The predicted molar refractivity (Wildman–Crippen MR) is 91.3 cm³/mol. The van der Waals surface area contributed by atoms with Crippen LogP contribution in [0.5, 0.6) is 0 Å². The molecule has 4 heteroatoms. The SMILES string of the molecule is CC1=C(c2ccccc2)c2cc3c(C)noc3c(C)c2NC1O. The van der Waals surface area contributed by atoms with E-state index < -0.39 is 6.23 Å². The number of aliphatic hydroxyl groups excluding tert-OH is 1. The minimum Gasteiger partial charge on any atom is -0.370 e. The van der Waals surface area contributed by atoms with Crippen LogP contribution in [-0.4, -0.2) is 16.5 Å². The number of rotatable bonds is 1. The molecule has 116 valence electrons. The average Bonchev–Trinajstić information content (AvgIpc) is 2.92. The van der Waals surface area contributed by atoms with Crippen molar-refractivity contribution in [1.82, 2.24) is 5.16 Å². The van der Waals surface area contributed by atoms with E-state index in [1.165, 1.54) is 0 Å². The smallest absolute Gasteiger partial charge is 0.172 e. The average molecular weight is 306 g/mol. The summed E-state index contributed by atoms with van der Waals surface area (Å²) in [5.41, 5.74) is 7.68. The van der Waals surface area contributed by atoms with E-state index in [0.29, 0.717) is 0 Å². The molecule has 0 aliphatic carbocycles. The number of aryl methyl sites for hydroxylation is 2. The number of fused-ring (bicyclic) bond motifs is 2. The van der Waals surface area contributed by atoms with Crippen LogP contribution in [0.2, 0.25) is 0 Å². The topological polar surface area (TPSA) is 58.3 Å². The summed E-state index contributed by atoms with van der Waals surface area (Å²) < 4.78 is 5.46. The normalized spacial score (nSPS) is 17.3. The fourth-order valence-corrected chi connectivity index (χ4v) is 3.31. The zero-order chi connectivity index (χ0) is 16.1. The summed E-state index contributed by atoms with van der Waals surface area (Å²) >= 11 is 0. The van der Waals surface area contributed by atoms with E-state index in [9.17, 15) is 5.11 Å². The monoisotopic (exact) mass is 306 g/mol. The minimum atomic E-state index is -0.710. The molecule has 0 amide bonds. The fraction of sp³-hybridized carbons (Fsp3) is 0.211. The first kappa shape index (κ1) is 14.0. The number of nitrogens with one attached hydrogen (secondary N) is 1. The molecule has 1 aliphatic rings. The summed E-state index contributed by atoms with van der Waals surface area (Å²) in [6.07, 6.45) is -0.710. The zero-order valence-electron chi connectivity index (χ0n) is 13.3. The number of anilines is 1.